The second kappa shape index (κ2) is 3.34. The van der Waals surface area contributed by atoms with E-state index in [0.29, 0.717) is 0 Å². The Hall–Kier alpha value is -1.68. The molecule has 0 aliphatic carbocycles. The van der Waals surface area contributed by atoms with E-state index in [1.165, 1.54) is 13.1 Å². The maximum absolute atomic E-state index is 8.15. The van der Waals surface area contributed by atoms with Crippen molar-refractivity contribution in [2.75, 3.05) is 7.05 Å². The average molecular weight is 120 g/mol. The fourth-order valence-electron chi connectivity index (χ4n) is 0.271. The van der Waals surface area contributed by atoms with Crippen molar-refractivity contribution in [2.45, 2.75) is 0 Å². The number of nitrogens with one attached hydrogen (secondary N) is 1. The summed E-state index contributed by atoms with van der Waals surface area (Å²) in [6.45, 7) is 0. The van der Waals surface area contributed by atoms with Gasteiger partial charge in [-0.25, -0.2) is 0 Å². The van der Waals surface area contributed by atoms with Gasteiger partial charge < -0.3 is 0 Å². The predicted molar refractivity (Wildman–Crippen MR) is 32.3 cm³/mol. The van der Waals surface area contributed by atoms with Crippen molar-refractivity contribution in [3.8, 4) is 12.1 Å². The molecule has 0 aromatic rings. The maximum Gasteiger partial charge on any atom is 0.171 e. The molecule has 4 heteroatoms. The van der Waals surface area contributed by atoms with E-state index in [4.69, 9.17) is 15.9 Å². The Balaban J connectivity index is 4.44. The van der Waals surface area contributed by atoms with Gasteiger partial charge in [0.05, 0.1) is 0 Å². The fourth-order valence-corrected chi connectivity index (χ4v) is 0.271. The lowest BCUT2D eigenvalue weighted by atomic mass is 10.3. The zero-order valence-corrected chi connectivity index (χ0v) is 4.84. The molecule has 0 aliphatic rings. The van der Waals surface area contributed by atoms with Crippen LogP contribution in [0.5, 0.6) is 0 Å². The van der Waals surface area contributed by atoms with E-state index < -0.39 is 0 Å². The first-order valence-electron chi connectivity index (χ1n) is 2.12. The van der Waals surface area contributed by atoms with Crippen molar-refractivity contribution in [1.82, 2.24) is 0 Å². The SMILES string of the molecule is CN=C(C#N)C(=N)C#N. The molecule has 1 N–H and O–H groups in total. The minimum Gasteiger partial charge on any atom is -0.288 e. The molecule has 0 radical (unpaired) electrons. The highest BCUT2D eigenvalue weighted by atomic mass is 14.7. The van der Waals surface area contributed by atoms with Gasteiger partial charge in [0.1, 0.15) is 12.1 Å². The number of aliphatic imine (C=N–C) groups is 1. The van der Waals surface area contributed by atoms with Gasteiger partial charge in [0.15, 0.2) is 11.4 Å². The fraction of sp³-hybridized carbons (Fsp3) is 0.200. The molecule has 0 amide bonds. The van der Waals surface area contributed by atoms with Crippen molar-refractivity contribution in [3.63, 3.8) is 0 Å². The quantitative estimate of drug-likeness (QED) is 0.498. The van der Waals surface area contributed by atoms with Crippen LogP contribution in [0.15, 0.2) is 4.99 Å². The van der Waals surface area contributed by atoms with E-state index in [9.17, 15) is 0 Å². The topological polar surface area (TPSA) is 83.8 Å². The number of nitrogens with zero attached hydrogens (tertiary/aromatic N) is 3. The summed E-state index contributed by atoms with van der Waals surface area (Å²) in [5.41, 5.74) is -0.516. The monoisotopic (exact) mass is 120 g/mol. The summed E-state index contributed by atoms with van der Waals surface area (Å²) in [6.07, 6.45) is 0. The van der Waals surface area contributed by atoms with E-state index in [-0.39, 0.29) is 11.4 Å². The molecule has 0 aromatic heterocycles. The van der Waals surface area contributed by atoms with E-state index >= 15 is 0 Å². The van der Waals surface area contributed by atoms with Gasteiger partial charge in [0.25, 0.3) is 0 Å². The van der Waals surface area contributed by atoms with Crippen LogP contribution in [0, 0.1) is 28.1 Å². The minimum atomic E-state index is -0.389. The molecule has 4 nitrogen and oxygen atoms in total. The molecule has 44 valence electrons. The zero-order chi connectivity index (χ0) is 7.28. The van der Waals surface area contributed by atoms with Crippen LogP contribution in [0.3, 0.4) is 0 Å². The van der Waals surface area contributed by atoms with Gasteiger partial charge in [-0.1, -0.05) is 0 Å². The molecule has 0 unspecified atom stereocenters. The highest BCUT2D eigenvalue weighted by molar-refractivity contribution is 6.52. The number of hydrogen-bond donors (Lipinski definition) is 1. The second-order valence-electron chi connectivity index (χ2n) is 1.17. The minimum absolute atomic E-state index is 0.127. The first-order valence-corrected chi connectivity index (χ1v) is 2.12. The van der Waals surface area contributed by atoms with Gasteiger partial charge in [-0.3, -0.25) is 10.4 Å². The third kappa shape index (κ3) is 1.70. The van der Waals surface area contributed by atoms with Crippen LogP contribution < -0.4 is 0 Å². The largest absolute Gasteiger partial charge is 0.288 e. The summed E-state index contributed by atoms with van der Waals surface area (Å²) in [7, 11) is 1.37. The van der Waals surface area contributed by atoms with Crippen LogP contribution in [0.1, 0.15) is 0 Å². The first kappa shape index (κ1) is 7.32. The molecule has 0 aromatic carbocycles. The molecule has 0 atom stereocenters. The van der Waals surface area contributed by atoms with Gasteiger partial charge >= 0.3 is 0 Å². The molecule has 0 fully saturated rings. The van der Waals surface area contributed by atoms with Gasteiger partial charge in [-0.2, -0.15) is 10.5 Å². The predicted octanol–water partition coefficient (Wildman–Crippen LogP) is 0.124. The maximum atomic E-state index is 8.15. The molecule has 0 saturated heterocycles. The molecule has 0 bridgehead atoms. The Morgan fingerprint density at radius 2 is 2.00 bits per heavy atom. The second-order valence-corrected chi connectivity index (χ2v) is 1.17. The standard InChI is InChI=1S/C5H4N4/c1-9-5(3-7)4(8)2-6/h8H,1H3. The Labute approximate surface area is 52.6 Å². The van der Waals surface area contributed by atoms with Gasteiger partial charge in [0, 0.05) is 7.05 Å². The van der Waals surface area contributed by atoms with Crippen LogP contribution in [-0.4, -0.2) is 18.5 Å². The highest BCUT2D eigenvalue weighted by Gasteiger charge is 2.00. The third-order valence-corrected chi connectivity index (χ3v) is 0.678. The summed E-state index contributed by atoms with van der Waals surface area (Å²) < 4.78 is 0. The van der Waals surface area contributed by atoms with Crippen molar-refractivity contribution >= 4 is 11.4 Å². The Kier molecular flexibility index (Phi) is 2.72. The van der Waals surface area contributed by atoms with Gasteiger partial charge in [0.2, 0.25) is 0 Å². The summed E-state index contributed by atoms with van der Waals surface area (Å²) in [5, 5.41) is 23.0. The summed E-state index contributed by atoms with van der Waals surface area (Å²) in [4.78, 5) is 3.39. The molecule has 0 rings (SSSR count). The zero-order valence-electron chi connectivity index (χ0n) is 4.84. The van der Waals surface area contributed by atoms with E-state index in [2.05, 4.69) is 4.99 Å². The molecule has 0 saturated carbocycles. The summed E-state index contributed by atoms with van der Waals surface area (Å²) in [6, 6.07) is 3.10. The van der Waals surface area contributed by atoms with Crippen LogP contribution in [0.2, 0.25) is 0 Å². The first-order chi connectivity index (χ1) is 4.26. The molecule has 0 heterocycles. The van der Waals surface area contributed by atoms with Crippen LogP contribution >= 0.6 is 0 Å². The van der Waals surface area contributed by atoms with Crippen molar-refractivity contribution in [1.29, 1.82) is 15.9 Å². The lowest BCUT2D eigenvalue weighted by molar-refractivity contribution is 1.43. The summed E-state index contributed by atoms with van der Waals surface area (Å²) in [5.74, 6) is 0. The summed E-state index contributed by atoms with van der Waals surface area (Å²) >= 11 is 0. The van der Waals surface area contributed by atoms with E-state index in [0.717, 1.165) is 0 Å². The molecule has 0 spiro atoms. The highest BCUT2D eigenvalue weighted by Crippen LogP contribution is 1.76. The van der Waals surface area contributed by atoms with E-state index in [1.54, 1.807) is 6.07 Å². The Morgan fingerprint density at radius 3 is 2.11 bits per heavy atom. The molecule has 0 aliphatic heterocycles. The van der Waals surface area contributed by atoms with Crippen molar-refractivity contribution < 1.29 is 0 Å². The Morgan fingerprint density at radius 1 is 1.44 bits per heavy atom. The van der Waals surface area contributed by atoms with E-state index in [1.807, 2.05) is 0 Å². The number of rotatable bonds is 1. The normalized spacial score (nSPS) is 9.44. The Bertz CT molecular complexity index is 224. The lowest BCUT2D eigenvalue weighted by Crippen LogP contribution is -2.06. The average Bonchev–Trinajstić information content (AvgIpc) is 1.90. The molecular weight excluding hydrogens is 116 g/mol. The van der Waals surface area contributed by atoms with Crippen molar-refractivity contribution in [2.24, 2.45) is 4.99 Å². The van der Waals surface area contributed by atoms with Crippen LogP contribution in [0.25, 0.3) is 0 Å². The van der Waals surface area contributed by atoms with Crippen molar-refractivity contribution in [3.05, 3.63) is 0 Å². The molecule has 9 heavy (non-hydrogen) atoms. The third-order valence-electron chi connectivity index (χ3n) is 0.678. The van der Waals surface area contributed by atoms with Crippen LogP contribution in [0.4, 0.5) is 0 Å². The smallest absolute Gasteiger partial charge is 0.171 e. The molecular formula is C5H4N4. The van der Waals surface area contributed by atoms with Crippen LogP contribution in [-0.2, 0) is 0 Å². The van der Waals surface area contributed by atoms with Gasteiger partial charge in [-0.15, -0.1) is 0 Å². The number of hydrogen-bond acceptors (Lipinski definition) is 4. The van der Waals surface area contributed by atoms with Gasteiger partial charge in [-0.05, 0) is 0 Å². The lowest BCUT2D eigenvalue weighted by Gasteiger charge is -1.82. The number of nitriles is 2.